The monoisotopic (exact) mass is 641 g/mol. The summed E-state index contributed by atoms with van der Waals surface area (Å²) < 4.78 is 35.6. The molecule has 9 nitrogen and oxygen atoms in total. The van der Waals surface area contributed by atoms with Gasteiger partial charge in [-0.15, -0.1) is 0 Å². The highest BCUT2D eigenvalue weighted by Crippen LogP contribution is 2.26. The molecule has 1 heterocycles. The Labute approximate surface area is 273 Å². The van der Waals surface area contributed by atoms with E-state index in [-0.39, 0.29) is 4.90 Å². The molecule has 6 aromatic rings. The summed E-state index contributed by atoms with van der Waals surface area (Å²) in [6.45, 7) is 2.35. The molecule has 0 saturated carbocycles. The van der Waals surface area contributed by atoms with Gasteiger partial charge in [0, 0.05) is 28.6 Å². The number of sulfonamides is 1. The number of aryl methyl sites for hydroxylation is 1. The Bertz CT molecular complexity index is 2100. The van der Waals surface area contributed by atoms with Gasteiger partial charge in [0.05, 0.1) is 16.8 Å². The number of hydrogen-bond donors (Lipinski definition) is 2. The summed E-state index contributed by atoms with van der Waals surface area (Å²) in [5.74, 6) is 0.280. The van der Waals surface area contributed by atoms with Crippen molar-refractivity contribution in [2.45, 2.75) is 18.4 Å². The second-order valence-electron chi connectivity index (χ2n) is 10.7. The van der Waals surface area contributed by atoms with Crippen LogP contribution in [0.1, 0.15) is 27.0 Å². The molecule has 47 heavy (non-hydrogen) atoms. The van der Waals surface area contributed by atoms with Gasteiger partial charge in [-0.25, -0.2) is 18.5 Å². The maximum atomic E-state index is 12.9. The average Bonchev–Trinajstić information content (AvgIpc) is 3.53. The molecule has 234 valence electrons. The third-order valence-electron chi connectivity index (χ3n) is 7.24. The van der Waals surface area contributed by atoms with E-state index in [1.165, 1.54) is 24.3 Å². The molecule has 5 aromatic carbocycles. The minimum atomic E-state index is -3.76. The van der Waals surface area contributed by atoms with Crippen molar-refractivity contribution in [3.05, 3.63) is 162 Å². The van der Waals surface area contributed by atoms with E-state index in [1.54, 1.807) is 35.2 Å². The lowest BCUT2D eigenvalue weighted by Crippen LogP contribution is -2.18. The fourth-order valence-electron chi connectivity index (χ4n) is 4.72. The summed E-state index contributed by atoms with van der Waals surface area (Å²) in [5.41, 5.74) is 8.32. The molecule has 1 aromatic heterocycles. The Morgan fingerprint density at radius 1 is 0.830 bits per heavy atom. The van der Waals surface area contributed by atoms with Crippen LogP contribution < -0.4 is 14.9 Å². The number of amides is 1. The zero-order chi connectivity index (χ0) is 32.6. The van der Waals surface area contributed by atoms with Crippen molar-refractivity contribution in [3.8, 4) is 22.7 Å². The fraction of sp³-hybridized carbons (Fsp3) is 0.0541. The van der Waals surface area contributed by atoms with Crippen LogP contribution in [0.5, 0.6) is 5.75 Å². The first-order valence-corrected chi connectivity index (χ1v) is 16.3. The van der Waals surface area contributed by atoms with Crippen molar-refractivity contribution in [1.29, 1.82) is 0 Å². The van der Waals surface area contributed by atoms with Crippen LogP contribution >= 0.6 is 0 Å². The second kappa shape index (κ2) is 14.0. The lowest BCUT2D eigenvalue weighted by molar-refractivity contribution is 0.0955. The predicted octanol–water partition coefficient (Wildman–Crippen LogP) is 6.99. The SMILES string of the molecule is Cc1ccc(S(=O)(=O)Nc2ccc(C(=O)N/N=C\c3cn(-c4ccccc4)nc3-c3ccc(OCc4ccccc4)cc3)cc2)cc1. The molecule has 2 N–H and O–H groups in total. The van der Waals surface area contributed by atoms with Gasteiger partial charge in [0.1, 0.15) is 18.1 Å². The van der Waals surface area contributed by atoms with E-state index in [0.717, 1.165) is 28.1 Å². The lowest BCUT2D eigenvalue weighted by atomic mass is 10.1. The average molecular weight is 642 g/mol. The van der Waals surface area contributed by atoms with Gasteiger partial charge >= 0.3 is 0 Å². The number of hydrogen-bond acceptors (Lipinski definition) is 6. The molecule has 0 radical (unpaired) electrons. The topological polar surface area (TPSA) is 115 Å². The molecule has 0 atom stereocenters. The van der Waals surface area contributed by atoms with Crippen molar-refractivity contribution in [1.82, 2.24) is 15.2 Å². The first-order chi connectivity index (χ1) is 22.8. The predicted molar refractivity (Wildman–Crippen MR) is 183 cm³/mol. The van der Waals surface area contributed by atoms with Gasteiger partial charge < -0.3 is 4.74 Å². The molecular formula is C37H31N5O4S. The molecule has 0 bridgehead atoms. The summed E-state index contributed by atoms with van der Waals surface area (Å²) in [6.07, 6.45) is 3.39. The third-order valence-corrected chi connectivity index (χ3v) is 8.64. The first kappa shape index (κ1) is 31.0. The van der Waals surface area contributed by atoms with E-state index in [4.69, 9.17) is 9.84 Å². The number of carbonyl (C=O) groups is 1. The number of rotatable bonds is 11. The summed E-state index contributed by atoms with van der Waals surface area (Å²) >= 11 is 0. The number of ether oxygens (including phenoxy) is 1. The van der Waals surface area contributed by atoms with E-state index >= 15 is 0 Å². The van der Waals surface area contributed by atoms with Crippen LogP contribution in [-0.2, 0) is 16.6 Å². The van der Waals surface area contributed by atoms with E-state index in [0.29, 0.717) is 29.1 Å². The second-order valence-corrected chi connectivity index (χ2v) is 12.4. The number of anilines is 1. The number of para-hydroxylation sites is 1. The van der Waals surface area contributed by atoms with Gasteiger partial charge in [-0.05, 0) is 85.3 Å². The fourth-order valence-corrected chi connectivity index (χ4v) is 5.77. The molecular weight excluding hydrogens is 611 g/mol. The summed E-state index contributed by atoms with van der Waals surface area (Å²) in [7, 11) is -3.76. The number of aromatic nitrogens is 2. The van der Waals surface area contributed by atoms with Crippen molar-refractivity contribution >= 4 is 27.8 Å². The van der Waals surface area contributed by atoms with Crippen LogP contribution in [0.3, 0.4) is 0 Å². The van der Waals surface area contributed by atoms with Crippen LogP contribution in [0.2, 0.25) is 0 Å². The van der Waals surface area contributed by atoms with Gasteiger partial charge in [-0.1, -0.05) is 66.2 Å². The van der Waals surface area contributed by atoms with Crippen LogP contribution in [0, 0.1) is 6.92 Å². The standard InChI is InChI=1S/C37H31N5O4S/c1-27-12-22-35(23-13-27)47(44,45)41-32-18-14-30(15-19-32)37(43)39-38-24-31-25-42(33-10-6-3-7-11-33)40-36(31)29-16-20-34(21-17-29)46-26-28-8-4-2-5-9-28/h2-25,41H,26H2,1H3,(H,39,43)/b38-24-. The number of nitrogens with zero attached hydrogens (tertiary/aromatic N) is 3. The van der Waals surface area contributed by atoms with Crippen LogP contribution in [0.25, 0.3) is 16.9 Å². The zero-order valence-corrected chi connectivity index (χ0v) is 26.3. The Kier molecular flexibility index (Phi) is 9.21. The van der Waals surface area contributed by atoms with Crippen molar-refractivity contribution in [3.63, 3.8) is 0 Å². The third kappa shape index (κ3) is 7.81. The van der Waals surface area contributed by atoms with Gasteiger partial charge in [0.15, 0.2) is 0 Å². The van der Waals surface area contributed by atoms with Crippen molar-refractivity contribution in [2.24, 2.45) is 5.10 Å². The highest BCUT2D eigenvalue weighted by molar-refractivity contribution is 7.92. The number of hydrazone groups is 1. The number of carbonyl (C=O) groups excluding carboxylic acids is 1. The number of benzene rings is 5. The summed E-state index contributed by atoms with van der Waals surface area (Å²) in [4.78, 5) is 13.0. The van der Waals surface area contributed by atoms with E-state index in [9.17, 15) is 13.2 Å². The quantitative estimate of drug-likeness (QED) is 0.117. The van der Waals surface area contributed by atoms with Crippen molar-refractivity contribution < 1.29 is 17.9 Å². The molecule has 0 aliphatic heterocycles. The summed E-state index contributed by atoms with van der Waals surface area (Å²) in [5, 5.41) is 9.02. The molecule has 0 aliphatic rings. The number of nitrogens with one attached hydrogen (secondary N) is 2. The maximum Gasteiger partial charge on any atom is 0.271 e. The molecule has 0 fully saturated rings. The minimum Gasteiger partial charge on any atom is -0.489 e. The Morgan fingerprint density at radius 3 is 2.17 bits per heavy atom. The lowest BCUT2D eigenvalue weighted by Gasteiger charge is -2.09. The maximum absolute atomic E-state index is 12.9. The van der Waals surface area contributed by atoms with Crippen molar-refractivity contribution in [2.75, 3.05) is 4.72 Å². The summed E-state index contributed by atoms with van der Waals surface area (Å²) in [6, 6.07) is 40.0. The molecule has 0 saturated heterocycles. The van der Waals surface area contributed by atoms with Gasteiger partial charge in [-0.2, -0.15) is 10.2 Å². The van der Waals surface area contributed by atoms with Gasteiger partial charge in [-0.3, -0.25) is 9.52 Å². The smallest absolute Gasteiger partial charge is 0.271 e. The molecule has 10 heteroatoms. The van der Waals surface area contributed by atoms with Gasteiger partial charge in [0.25, 0.3) is 15.9 Å². The highest BCUT2D eigenvalue weighted by atomic mass is 32.2. The normalized spacial score (nSPS) is 11.3. The van der Waals surface area contributed by atoms with E-state index in [2.05, 4.69) is 15.2 Å². The largest absolute Gasteiger partial charge is 0.489 e. The Balaban J connectivity index is 1.15. The first-order valence-electron chi connectivity index (χ1n) is 14.8. The Morgan fingerprint density at radius 2 is 1.49 bits per heavy atom. The van der Waals surface area contributed by atoms with E-state index in [1.807, 2.05) is 98.0 Å². The van der Waals surface area contributed by atoms with Crippen LogP contribution in [0.15, 0.2) is 150 Å². The minimum absolute atomic E-state index is 0.154. The van der Waals surface area contributed by atoms with Gasteiger partial charge in [0.2, 0.25) is 0 Å². The van der Waals surface area contributed by atoms with Crippen LogP contribution in [0.4, 0.5) is 5.69 Å². The molecule has 0 unspecified atom stereocenters. The molecule has 0 spiro atoms. The zero-order valence-electron chi connectivity index (χ0n) is 25.4. The molecule has 1 amide bonds. The molecule has 6 rings (SSSR count). The van der Waals surface area contributed by atoms with E-state index < -0.39 is 15.9 Å². The van der Waals surface area contributed by atoms with Crippen LogP contribution in [-0.4, -0.2) is 30.3 Å². The molecule has 0 aliphatic carbocycles. The highest BCUT2D eigenvalue weighted by Gasteiger charge is 2.15. The Hall–Kier alpha value is -6.00.